The van der Waals surface area contributed by atoms with Crippen molar-refractivity contribution in [3.05, 3.63) is 0 Å². The molecule has 0 aliphatic carbocycles. The minimum absolute atomic E-state index is 0.269. The molecule has 7 nitrogen and oxygen atoms in total. The molecule has 0 unspecified atom stereocenters. The summed E-state index contributed by atoms with van der Waals surface area (Å²) in [5.74, 6) is 0. The van der Waals surface area contributed by atoms with Crippen molar-refractivity contribution in [1.82, 2.24) is 4.90 Å². The molecule has 0 rings (SSSR count). The maximum atomic E-state index is 11.2. The summed E-state index contributed by atoms with van der Waals surface area (Å²) in [5.41, 5.74) is 0. The predicted molar refractivity (Wildman–Crippen MR) is 74.1 cm³/mol. The van der Waals surface area contributed by atoms with Crippen LogP contribution >= 0.6 is 15.2 Å². The summed E-state index contributed by atoms with van der Waals surface area (Å²) < 4.78 is 22.5. The quantitative estimate of drug-likeness (QED) is 0.452. The zero-order valence-corrected chi connectivity index (χ0v) is 13.3. The third kappa shape index (κ3) is 8.20. The number of rotatable bonds is 10. The summed E-state index contributed by atoms with van der Waals surface area (Å²) in [6.45, 7) is 4.89. The Balaban J connectivity index is 4.82. The summed E-state index contributed by atoms with van der Waals surface area (Å²) in [6.07, 6.45) is 3.50. The summed E-state index contributed by atoms with van der Waals surface area (Å²) in [4.78, 5) is 38.2. The number of nitrogens with zero attached hydrogens (tertiary/aromatic N) is 1. The SMILES string of the molecule is CCCCN(CCCC)CC(P(=O)(O)O)P(=O)(O)O. The normalized spacial score (nSPS) is 13.5. The minimum Gasteiger partial charge on any atom is -0.324 e. The third-order valence-electron chi connectivity index (χ3n) is 2.85. The van der Waals surface area contributed by atoms with Gasteiger partial charge in [0.2, 0.25) is 0 Å². The molecule has 0 aliphatic heterocycles. The average Bonchev–Trinajstić information content (AvgIpc) is 2.24. The van der Waals surface area contributed by atoms with Gasteiger partial charge in [0.15, 0.2) is 5.40 Å². The molecule has 0 saturated carbocycles. The van der Waals surface area contributed by atoms with Gasteiger partial charge in [-0.2, -0.15) is 0 Å². The molecular weight excluding hydrogens is 292 g/mol. The van der Waals surface area contributed by atoms with Crippen LogP contribution in [-0.4, -0.2) is 49.5 Å². The van der Waals surface area contributed by atoms with Crippen molar-refractivity contribution in [2.75, 3.05) is 19.6 Å². The van der Waals surface area contributed by atoms with Gasteiger partial charge in [-0.3, -0.25) is 9.13 Å². The Morgan fingerprint density at radius 2 is 1.26 bits per heavy atom. The van der Waals surface area contributed by atoms with Crippen molar-refractivity contribution >= 4 is 15.2 Å². The van der Waals surface area contributed by atoms with E-state index in [1.807, 2.05) is 13.8 Å². The van der Waals surface area contributed by atoms with Crippen LogP contribution in [0.5, 0.6) is 0 Å². The van der Waals surface area contributed by atoms with Crippen molar-refractivity contribution in [3.8, 4) is 0 Å². The highest BCUT2D eigenvalue weighted by molar-refractivity contribution is 7.70. The molecule has 0 heterocycles. The van der Waals surface area contributed by atoms with E-state index in [2.05, 4.69) is 0 Å². The van der Waals surface area contributed by atoms with E-state index in [0.717, 1.165) is 25.7 Å². The molecule has 0 aromatic heterocycles. The Hall–Kier alpha value is 0.260. The molecule has 0 radical (unpaired) electrons. The molecule has 116 valence electrons. The van der Waals surface area contributed by atoms with Gasteiger partial charge in [-0.15, -0.1) is 0 Å². The number of hydrogen-bond donors (Lipinski definition) is 4. The van der Waals surface area contributed by atoms with E-state index in [-0.39, 0.29) is 6.54 Å². The van der Waals surface area contributed by atoms with Gasteiger partial charge in [-0.05, 0) is 25.9 Å². The Bertz CT molecular complexity index is 309. The van der Waals surface area contributed by atoms with Crippen LogP contribution in [-0.2, 0) is 9.13 Å². The second-order valence-corrected chi connectivity index (χ2v) is 8.68. The predicted octanol–water partition coefficient (Wildman–Crippen LogP) is 1.57. The van der Waals surface area contributed by atoms with Gasteiger partial charge in [-0.25, -0.2) is 0 Å². The molecule has 0 aromatic rings. The number of hydrogen-bond acceptors (Lipinski definition) is 3. The fourth-order valence-electron chi connectivity index (χ4n) is 1.70. The lowest BCUT2D eigenvalue weighted by Gasteiger charge is -2.28. The van der Waals surface area contributed by atoms with Gasteiger partial charge in [-0.1, -0.05) is 26.7 Å². The fourth-order valence-corrected chi connectivity index (χ4v) is 4.15. The van der Waals surface area contributed by atoms with Crippen molar-refractivity contribution in [1.29, 1.82) is 0 Å². The Kier molecular flexibility index (Phi) is 8.64. The fraction of sp³-hybridized carbons (Fsp3) is 1.00. The summed E-state index contributed by atoms with van der Waals surface area (Å²) in [7, 11) is -9.64. The van der Waals surface area contributed by atoms with Crippen molar-refractivity contribution in [2.24, 2.45) is 0 Å². The van der Waals surface area contributed by atoms with Crippen LogP contribution in [0.15, 0.2) is 0 Å². The summed E-state index contributed by atoms with van der Waals surface area (Å²) in [5, 5.41) is -1.92. The molecule has 0 spiro atoms. The second kappa shape index (κ2) is 8.53. The Morgan fingerprint density at radius 1 is 0.895 bits per heavy atom. The maximum absolute atomic E-state index is 11.2. The van der Waals surface area contributed by atoms with E-state index in [1.165, 1.54) is 0 Å². The standard InChI is InChI=1S/C10H25NO6P2/c1-3-5-7-11(8-6-4-2)9-10(18(12,13)14)19(15,16)17/h10H,3-9H2,1-2H3,(H2,12,13,14)(H2,15,16,17). The monoisotopic (exact) mass is 317 g/mol. The highest BCUT2D eigenvalue weighted by atomic mass is 31.2. The Morgan fingerprint density at radius 3 is 1.53 bits per heavy atom. The largest absolute Gasteiger partial charge is 0.342 e. The zero-order valence-electron chi connectivity index (χ0n) is 11.5. The Labute approximate surface area is 114 Å². The van der Waals surface area contributed by atoms with Gasteiger partial charge >= 0.3 is 15.2 Å². The molecule has 0 atom stereocenters. The topological polar surface area (TPSA) is 118 Å². The second-order valence-electron chi connectivity index (χ2n) is 4.67. The van der Waals surface area contributed by atoms with Crippen LogP contribution in [0.3, 0.4) is 0 Å². The number of unbranched alkanes of at least 4 members (excludes halogenated alkanes) is 2. The first-order chi connectivity index (χ1) is 8.62. The van der Waals surface area contributed by atoms with E-state index in [9.17, 15) is 9.13 Å². The lowest BCUT2D eigenvalue weighted by molar-refractivity contribution is 0.252. The highest BCUT2D eigenvalue weighted by Crippen LogP contribution is 2.59. The van der Waals surface area contributed by atoms with Crippen molar-refractivity contribution < 1.29 is 28.7 Å². The van der Waals surface area contributed by atoms with Gasteiger partial charge in [0, 0.05) is 6.54 Å². The van der Waals surface area contributed by atoms with Crippen LogP contribution in [0.25, 0.3) is 0 Å². The zero-order chi connectivity index (χ0) is 15.1. The van der Waals surface area contributed by atoms with Crippen LogP contribution in [0.1, 0.15) is 39.5 Å². The lowest BCUT2D eigenvalue weighted by Crippen LogP contribution is -2.34. The average molecular weight is 317 g/mol. The maximum Gasteiger partial charge on any atom is 0.342 e. The van der Waals surface area contributed by atoms with Crippen LogP contribution < -0.4 is 0 Å². The van der Waals surface area contributed by atoms with Gasteiger partial charge in [0.05, 0.1) is 0 Å². The third-order valence-corrected chi connectivity index (χ3v) is 6.54. The van der Waals surface area contributed by atoms with Crippen molar-refractivity contribution in [3.63, 3.8) is 0 Å². The van der Waals surface area contributed by atoms with E-state index in [1.54, 1.807) is 4.90 Å². The van der Waals surface area contributed by atoms with Crippen LogP contribution in [0.4, 0.5) is 0 Å². The van der Waals surface area contributed by atoms with E-state index in [4.69, 9.17) is 19.6 Å². The van der Waals surface area contributed by atoms with E-state index >= 15 is 0 Å². The van der Waals surface area contributed by atoms with Gasteiger partial charge < -0.3 is 24.5 Å². The molecule has 19 heavy (non-hydrogen) atoms. The van der Waals surface area contributed by atoms with Crippen LogP contribution in [0, 0.1) is 0 Å². The van der Waals surface area contributed by atoms with Crippen molar-refractivity contribution in [2.45, 2.75) is 44.9 Å². The molecule has 4 N–H and O–H groups in total. The first-order valence-corrected chi connectivity index (χ1v) is 9.82. The van der Waals surface area contributed by atoms with Gasteiger partial charge in [0.1, 0.15) is 0 Å². The van der Waals surface area contributed by atoms with Gasteiger partial charge in [0.25, 0.3) is 0 Å². The molecule has 9 heteroatoms. The first-order valence-electron chi connectivity index (χ1n) is 6.45. The molecule has 0 amide bonds. The molecule has 0 aromatic carbocycles. The minimum atomic E-state index is -4.82. The summed E-state index contributed by atoms with van der Waals surface area (Å²) in [6, 6.07) is 0. The molecule has 0 saturated heterocycles. The highest BCUT2D eigenvalue weighted by Gasteiger charge is 2.44. The lowest BCUT2D eigenvalue weighted by atomic mass is 10.2. The molecular formula is C10H25NO6P2. The molecule has 0 bridgehead atoms. The van der Waals surface area contributed by atoms with Crippen LogP contribution in [0.2, 0.25) is 0 Å². The summed E-state index contributed by atoms with van der Waals surface area (Å²) >= 11 is 0. The first kappa shape index (κ1) is 19.3. The van der Waals surface area contributed by atoms with E-state index < -0.39 is 20.6 Å². The molecule has 0 aliphatic rings. The molecule has 0 fully saturated rings. The van der Waals surface area contributed by atoms with E-state index in [0.29, 0.717) is 13.1 Å². The smallest absolute Gasteiger partial charge is 0.324 e.